The molecule has 164 valence electrons. The summed E-state index contributed by atoms with van der Waals surface area (Å²) in [5, 5.41) is 0.577. The molecular formula is C26H25ClN2O3. The first-order chi connectivity index (χ1) is 15.6. The highest BCUT2D eigenvalue weighted by molar-refractivity contribution is 6.31. The minimum absolute atomic E-state index is 0.0583. The lowest BCUT2D eigenvalue weighted by atomic mass is 9.99. The molecule has 0 unspecified atom stereocenters. The number of ether oxygens (including phenoxy) is 1. The Morgan fingerprint density at radius 3 is 2.31 bits per heavy atom. The average Bonchev–Trinajstić information content (AvgIpc) is 2.82. The zero-order chi connectivity index (χ0) is 22.5. The Bertz CT molecular complexity index is 1090. The van der Waals surface area contributed by atoms with Crippen molar-refractivity contribution < 1.29 is 14.3 Å². The van der Waals surface area contributed by atoms with E-state index in [2.05, 4.69) is 0 Å². The molecule has 1 fully saturated rings. The van der Waals surface area contributed by atoms with E-state index in [1.54, 1.807) is 23.0 Å². The third-order valence-corrected chi connectivity index (χ3v) is 6.12. The van der Waals surface area contributed by atoms with Crippen LogP contribution in [0.2, 0.25) is 5.02 Å². The maximum atomic E-state index is 13.6. The Hall–Kier alpha value is -3.31. The monoisotopic (exact) mass is 448 g/mol. The normalized spacial score (nSPS) is 16.4. The first kappa shape index (κ1) is 21.9. The molecule has 1 atom stereocenters. The van der Waals surface area contributed by atoms with E-state index in [9.17, 15) is 9.59 Å². The molecular weight excluding hydrogens is 424 g/mol. The van der Waals surface area contributed by atoms with E-state index in [4.69, 9.17) is 16.3 Å². The second-order valence-corrected chi connectivity index (χ2v) is 8.19. The molecule has 0 spiro atoms. The van der Waals surface area contributed by atoms with Gasteiger partial charge in [0.05, 0.1) is 13.7 Å². The lowest BCUT2D eigenvalue weighted by Gasteiger charge is -2.40. The Morgan fingerprint density at radius 1 is 0.938 bits per heavy atom. The van der Waals surface area contributed by atoms with Crippen LogP contribution in [-0.4, -0.2) is 41.8 Å². The highest BCUT2D eigenvalue weighted by atomic mass is 35.5. The first-order valence-corrected chi connectivity index (χ1v) is 10.9. The number of nitrogens with zero attached hydrogens (tertiary/aromatic N) is 2. The molecule has 0 saturated carbocycles. The van der Waals surface area contributed by atoms with Gasteiger partial charge in [-0.1, -0.05) is 72.3 Å². The van der Waals surface area contributed by atoms with Crippen molar-refractivity contribution in [1.82, 2.24) is 9.80 Å². The molecule has 1 saturated heterocycles. The van der Waals surface area contributed by atoms with Gasteiger partial charge in [0.25, 0.3) is 5.91 Å². The molecule has 1 aliphatic rings. The van der Waals surface area contributed by atoms with Crippen LogP contribution in [0.1, 0.15) is 22.7 Å². The van der Waals surface area contributed by atoms with E-state index >= 15 is 0 Å². The summed E-state index contributed by atoms with van der Waals surface area (Å²) in [6.45, 7) is 0.817. The Kier molecular flexibility index (Phi) is 6.76. The van der Waals surface area contributed by atoms with E-state index in [1.807, 2.05) is 72.8 Å². The quantitative estimate of drug-likeness (QED) is 0.534. The molecule has 3 aromatic rings. The summed E-state index contributed by atoms with van der Waals surface area (Å²) in [7, 11) is 1.60. The molecule has 1 heterocycles. The zero-order valence-electron chi connectivity index (χ0n) is 17.9. The third-order valence-electron chi connectivity index (χ3n) is 5.75. The van der Waals surface area contributed by atoms with Gasteiger partial charge in [0.2, 0.25) is 5.91 Å². The van der Waals surface area contributed by atoms with Crippen LogP contribution in [0, 0.1) is 0 Å². The van der Waals surface area contributed by atoms with Crippen molar-refractivity contribution in [1.29, 1.82) is 0 Å². The first-order valence-electron chi connectivity index (χ1n) is 10.6. The summed E-state index contributed by atoms with van der Waals surface area (Å²) >= 11 is 6.36. The summed E-state index contributed by atoms with van der Waals surface area (Å²) in [6, 6.07) is 24.0. The lowest BCUT2D eigenvalue weighted by molar-refractivity contribution is -0.157. The van der Waals surface area contributed by atoms with Crippen LogP contribution in [0.4, 0.5) is 0 Å². The van der Waals surface area contributed by atoms with Gasteiger partial charge in [-0.2, -0.15) is 0 Å². The number of carbonyl (C=O) groups is 2. The van der Waals surface area contributed by atoms with Gasteiger partial charge in [-0.25, -0.2) is 0 Å². The topological polar surface area (TPSA) is 49.9 Å². The van der Waals surface area contributed by atoms with E-state index in [1.165, 1.54) is 0 Å². The molecule has 0 aliphatic carbocycles. The van der Waals surface area contributed by atoms with Crippen LogP contribution in [0.25, 0.3) is 0 Å². The summed E-state index contributed by atoms with van der Waals surface area (Å²) in [5.74, 6) is 0.512. The van der Waals surface area contributed by atoms with Crippen LogP contribution < -0.4 is 4.74 Å². The number of hydrogen-bond donors (Lipinski definition) is 0. The van der Waals surface area contributed by atoms with Crippen molar-refractivity contribution in [3.63, 3.8) is 0 Å². The highest BCUT2D eigenvalue weighted by Gasteiger charge is 2.40. The van der Waals surface area contributed by atoms with E-state index in [0.717, 1.165) is 16.7 Å². The number of amides is 2. The zero-order valence-corrected chi connectivity index (χ0v) is 18.7. The smallest absolute Gasteiger partial charge is 0.250 e. The molecule has 5 nitrogen and oxygen atoms in total. The van der Waals surface area contributed by atoms with Crippen molar-refractivity contribution in [2.24, 2.45) is 0 Å². The van der Waals surface area contributed by atoms with E-state index < -0.39 is 6.04 Å². The lowest BCUT2D eigenvalue weighted by Crippen LogP contribution is -2.55. The van der Waals surface area contributed by atoms with Gasteiger partial charge in [-0.3, -0.25) is 9.59 Å². The van der Waals surface area contributed by atoms with Crippen LogP contribution >= 0.6 is 11.6 Å². The van der Waals surface area contributed by atoms with Crippen molar-refractivity contribution in [2.45, 2.75) is 19.0 Å². The van der Waals surface area contributed by atoms with E-state index in [-0.39, 0.29) is 24.9 Å². The van der Waals surface area contributed by atoms with Crippen LogP contribution in [0.3, 0.4) is 0 Å². The Morgan fingerprint density at radius 2 is 1.62 bits per heavy atom. The highest BCUT2D eigenvalue weighted by Crippen LogP contribution is 2.31. The predicted molar refractivity (Wildman–Crippen MR) is 124 cm³/mol. The number of benzene rings is 3. The van der Waals surface area contributed by atoms with Crippen LogP contribution in [-0.2, 0) is 22.6 Å². The van der Waals surface area contributed by atoms with E-state index in [0.29, 0.717) is 23.7 Å². The molecule has 0 bridgehead atoms. The van der Waals surface area contributed by atoms with Gasteiger partial charge in [0.1, 0.15) is 11.8 Å². The van der Waals surface area contributed by atoms with Crippen molar-refractivity contribution in [3.8, 4) is 5.75 Å². The number of hydrogen-bond acceptors (Lipinski definition) is 3. The number of rotatable bonds is 7. The number of carbonyl (C=O) groups excluding carboxylic acids is 2. The molecule has 0 radical (unpaired) electrons. The minimum Gasteiger partial charge on any atom is -0.497 e. The molecule has 0 N–H and O–H groups in total. The fourth-order valence-electron chi connectivity index (χ4n) is 3.98. The van der Waals surface area contributed by atoms with Crippen molar-refractivity contribution in [3.05, 3.63) is 101 Å². The number of piperazine rings is 1. The molecule has 6 heteroatoms. The molecule has 1 aliphatic heterocycles. The molecule has 0 aromatic heterocycles. The summed E-state index contributed by atoms with van der Waals surface area (Å²) in [4.78, 5) is 30.1. The number of methoxy groups -OCH3 is 1. The summed E-state index contributed by atoms with van der Waals surface area (Å²) in [6.07, 6.45) is 0.694. The molecule has 4 rings (SSSR count). The minimum atomic E-state index is -0.714. The largest absolute Gasteiger partial charge is 0.497 e. The predicted octanol–water partition coefficient (Wildman–Crippen LogP) is 4.50. The molecule has 3 aromatic carbocycles. The maximum absolute atomic E-state index is 13.6. The maximum Gasteiger partial charge on any atom is 0.250 e. The third kappa shape index (κ3) is 4.78. The Labute approximate surface area is 193 Å². The fourth-order valence-corrected chi connectivity index (χ4v) is 4.17. The fraction of sp³-hybridized carbons (Fsp3) is 0.231. The second kappa shape index (κ2) is 9.88. The standard InChI is InChI=1S/C26H25ClN2O3/c1-32-22-13-11-20(12-14-22)25-26(31)28(16-15-19-7-3-2-4-8-19)18-24(30)29(25)17-21-9-5-6-10-23(21)27/h2-14,25H,15-18H2,1H3/t25-/m0/s1. The summed E-state index contributed by atoms with van der Waals surface area (Å²) in [5.41, 5.74) is 2.69. The van der Waals surface area contributed by atoms with Crippen LogP contribution in [0.15, 0.2) is 78.9 Å². The average molecular weight is 449 g/mol. The van der Waals surface area contributed by atoms with Gasteiger partial charge in [0.15, 0.2) is 0 Å². The van der Waals surface area contributed by atoms with Gasteiger partial charge in [0, 0.05) is 18.1 Å². The second-order valence-electron chi connectivity index (χ2n) is 7.78. The molecule has 2 amide bonds. The van der Waals surface area contributed by atoms with Gasteiger partial charge >= 0.3 is 0 Å². The molecule has 32 heavy (non-hydrogen) atoms. The van der Waals surface area contributed by atoms with Crippen LogP contribution in [0.5, 0.6) is 5.75 Å². The SMILES string of the molecule is COc1ccc([C@H]2C(=O)N(CCc3ccccc3)CC(=O)N2Cc2ccccc2Cl)cc1. The van der Waals surface area contributed by atoms with Gasteiger partial charge < -0.3 is 14.5 Å². The number of halogens is 1. The van der Waals surface area contributed by atoms with Crippen molar-refractivity contribution >= 4 is 23.4 Å². The van der Waals surface area contributed by atoms with Crippen molar-refractivity contribution in [2.75, 3.05) is 20.2 Å². The Balaban J connectivity index is 1.62. The van der Waals surface area contributed by atoms with Gasteiger partial charge in [-0.05, 0) is 41.3 Å². The van der Waals surface area contributed by atoms with Gasteiger partial charge in [-0.15, -0.1) is 0 Å². The summed E-state index contributed by atoms with van der Waals surface area (Å²) < 4.78 is 5.26.